The summed E-state index contributed by atoms with van der Waals surface area (Å²) < 4.78 is 32.0. The van der Waals surface area contributed by atoms with Crippen LogP contribution in [-0.4, -0.2) is 38.1 Å². The van der Waals surface area contributed by atoms with Crippen molar-refractivity contribution < 1.29 is 23.7 Å². The Morgan fingerprint density at radius 1 is 0.608 bits per heavy atom. The second-order valence-corrected chi connectivity index (χ2v) is 12.8. The number of methoxy groups -OCH3 is 1. The Morgan fingerprint density at radius 2 is 1.14 bits per heavy atom. The molecule has 0 saturated carbocycles. The first-order chi connectivity index (χ1) is 25.0. The minimum absolute atomic E-state index is 0.160. The van der Waals surface area contributed by atoms with Crippen LogP contribution in [-0.2, 0) is 6.54 Å². The molecule has 0 aliphatic rings. The summed E-state index contributed by atoms with van der Waals surface area (Å²) >= 11 is 0. The van der Waals surface area contributed by atoms with Crippen LogP contribution in [0.1, 0.15) is 96.8 Å². The van der Waals surface area contributed by atoms with Crippen LogP contribution in [0.5, 0.6) is 28.7 Å². The van der Waals surface area contributed by atoms with Crippen LogP contribution in [0.4, 0.5) is 0 Å². The fraction of sp³-hybridized carbons (Fsp3) is 0.477. The predicted molar refractivity (Wildman–Crippen MR) is 213 cm³/mol. The highest BCUT2D eigenvalue weighted by atomic mass is 16.5. The largest absolute Gasteiger partial charge is 0.493 e. The maximum absolute atomic E-state index is 14.5. The van der Waals surface area contributed by atoms with Crippen LogP contribution < -0.4 is 29.1 Å². The van der Waals surface area contributed by atoms with Gasteiger partial charge in [-0.05, 0) is 24.6 Å². The maximum atomic E-state index is 14.5. The van der Waals surface area contributed by atoms with Gasteiger partial charge in [-0.2, -0.15) is 0 Å². The molecule has 0 aliphatic carbocycles. The zero-order valence-corrected chi connectivity index (χ0v) is 31.4. The van der Waals surface area contributed by atoms with Crippen molar-refractivity contribution in [3.63, 3.8) is 0 Å². The Labute approximate surface area is 306 Å². The minimum atomic E-state index is -0.278. The van der Waals surface area contributed by atoms with Crippen molar-refractivity contribution in [3.8, 4) is 40.0 Å². The van der Waals surface area contributed by atoms with Crippen molar-refractivity contribution >= 4 is 10.9 Å². The number of unbranched alkanes of at least 4 members (excludes halogenated alkanes) is 13. The first kappa shape index (κ1) is 41.0. The molecule has 0 radical (unpaired) electrons. The van der Waals surface area contributed by atoms with Gasteiger partial charge in [-0.15, -0.1) is 0 Å². The van der Waals surface area contributed by atoms with Crippen LogP contribution in [0.25, 0.3) is 22.2 Å². The summed E-state index contributed by atoms with van der Waals surface area (Å²) in [5.74, 6) is 2.33. The van der Waals surface area contributed by atoms with E-state index in [4.69, 9.17) is 23.7 Å². The number of aryl methyl sites for hydroxylation is 1. The third-order valence-corrected chi connectivity index (χ3v) is 8.86. The van der Waals surface area contributed by atoms with Crippen molar-refractivity contribution in [2.45, 2.75) is 103 Å². The van der Waals surface area contributed by atoms with Gasteiger partial charge in [-0.3, -0.25) is 4.79 Å². The van der Waals surface area contributed by atoms with Gasteiger partial charge in [0.2, 0.25) is 5.43 Å². The lowest BCUT2D eigenvalue weighted by Gasteiger charge is -2.23. The quantitative estimate of drug-likeness (QED) is 0.0531. The fourth-order valence-corrected chi connectivity index (χ4v) is 6.33. The van der Waals surface area contributed by atoms with E-state index in [2.05, 4.69) is 37.8 Å². The lowest BCUT2D eigenvalue weighted by atomic mass is 10.0. The normalized spacial score (nSPS) is 10.9. The molecule has 0 unspecified atom stereocenters. The molecule has 51 heavy (non-hydrogen) atoms. The molecule has 0 bridgehead atoms. The Hall–Kier alpha value is -4.39. The highest BCUT2D eigenvalue weighted by Gasteiger charge is 2.24. The number of aromatic nitrogens is 1. The van der Waals surface area contributed by atoms with Crippen molar-refractivity contribution in [1.82, 2.24) is 4.57 Å². The molecular formula is C44H61NO6. The molecule has 0 fully saturated rings. The smallest absolute Gasteiger partial charge is 0.235 e. The van der Waals surface area contributed by atoms with E-state index in [0.29, 0.717) is 59.4 Å². The lowest BCUT2D eigenvalue weighted by Crippen LogP contribution is -2.18. The van der Waals surface area contributed by atoms with E-state index >= 15 is 0 Å². The van der Waals surface area contributed by atoms with Gasteiger partial charge in [0.15, 0.2) is 17.2 Å². The molecule has 7 nitrogen and oxygen atoms in total. The van der Waals surface area contributed by atoms with E-state index in [1.807, 2.05) is 24.3 Å². The van der Waals surface area contributed by atoms with Crippen LogP contribution in [0.3, 0.4) is 0 Å². The molecule has 0 amide bonds. The molecular weight excluding hydrogens is 638 g/mol. The third kappa shape index (κ3) is 12.7. The van der Waals surface area contributed by atoms with Crippen molar-refractivity contribution in [2.75, 3.05) is 33.5 Å². The topological polar surface area (TPSA) is 68.2 Å². The molecule has 0 spiro atoms. The summed E-state index contributed by atoms with van der Waals surface area (Å²) in [6, 6.07) is 9.32. The number of ether oxygens (including phenoxy) is 5. The molecule has 0 N–H and O–H groups in total. The summed E-state index contributed by atoms with van der Waals surface area (Å²) in [7, 11) is 1.60. The van der Waals surface area contributed by atoms with Gasteiger partial charge in [0.25, 0.3) is 0 Å². The van der Waals surface area contributed by atoms with Crippen LogP contribution >= 0.6 is 0 Å². The van der Waals surface area contributed by atoms with E-state index in [0.717, 1.165) is 24.8 Å². The van der Waals surface area contributed by atoms with Crippen molar-refractivity contribution in [1.29, 1.82) is 0 Å². The van der Waals surface area contributed by atoms with Crippen molar-refractivity contribution in [2.24, 2.45) is 0 Å². The number of rotatable bonds is 29. The minimum Gasteiger partial charge on any atom is -0.493 e. The first-order valence-electron chi connectivity index (χ1n) is 18.9. The average Bonchev–Trinajstić information content (AvgIpc) is 3.15. The number of fused-ring (bicyclic) bond motifs is 1. The van der Waals surface area contributed by atoms with E-state index in [1.54, 1.807) is 37.5 Å². The molecule has 0 saturated heterocycles. The predicted octanol–water partition coefficient (Wildman–Crippen LogP) is 11.4. The van der Waals surface area contributed by atoms with E-state index in [1.165, 1.54) is 70.6 Å². The van der Waals surface area contributed by atoms with E-state index in [9.17, 15) is 4.79 Å². The third-order valence-electron chi connectivity index (χ3n) is 8.86. The van der Waals surface area contributed by atoms with Gasteiger partial charge >= 0.3 is 0 Å². The summed E-state index contributed by atoms with van der Waals surface area (Å²) in [5.41, 5.74) is 1.82. The number of benzene rings is 2. The standard InChI is InChI=1S/C44H61NO6/c1-7-12-13-14-15-16-17-18-19-20-21-22-23-24-27-45-37-33-36(48-28-8-2)34-40(50-30-10-4)41(37)43(46)44(51-31-11-5)42(45)35-25-26-38(49-29-9-3)39(32-35)47-6/h8-11,25-26,32-34H,2-5,7,12-24,27-31H2,1,6H3. The highest BCUT2D eigenvalue weighted by molar-refractivity contribution is 5.92. The molecule has 3 rings (SSSR count). The van der Waals surface area contributed by atoms with Gasteiger partial charge in [-0.25, -0.2) is 0 Å². The van der Waals surface area contributed by atoms with Crippen molar-refractivity contribution in [3.05, 3.63) is 91.2 Å². The molecule has 7 heteroatoms. The maximum Gasteiger partial charge on any atom is 0.235 e. The molecule has 1 heterocycles. The highest BCUT2D eigenvalue weighted by Crippen LogP contribution is 2.40. The molecule has 1 aromatic heterocycles. The molecule has 0 aliphatic heterocycles. The Morgan fingerprint density at radius 3 is 1.71 bits per heavy atom. The zero-order valence-electron chi connectivity index (χ0n) is 31.4. The molecule has 278 valence electrons. The monoisotopic (exact) mass is 699 g/mol. The number of hydrogen-bond acceptors (Lipinski definition) is 6. The summed E-state index contributed by atoms with van der Waals surface area (Å²) in [5, 5.41) is 0.425. The number of nitrogens with zero attached hydrogens (tertiary/aromatic N) is 1. The summed E-state index contributed by atoms with van der Waals surface area (Å²) in [4.78, 5) is 14.5. The molecule has 2 aromatic carbocycles. The molecule has 0 atom stereocenters. The lowest BCUT2D eigenvalue weighted by molar-refractivity contribution is 0.326. The van der Waals surface area contributed by atoms with Crippen LogP contribution in [0.2, 0.25) is 0 Å². The molecule has 3 aromatic rings. The van der Waals surface area contributed by atoms with E-state index in [-0.39, 0.29) is 24.4 Å². The van der Waals surface area contributed by atoms with Gasteiger partial charge < -0.3 is 28.3 Å². The van der Waals surface area contributed by atoms with E-state index < -0.39 is 0 Å². The van der Waals surface area contributed by atoms with Gasteiger partial charge in [-0.1, -0.05) is 141 Å². The Balaban J connectivity index is 1.97. The van der Waals surface area contributed by atoms with Crippen LogP contribution in [0, 0.1) is 0 Å². The summed E-state index contributed by atoms with van der Waals surface area (Å²) in [6.45, 7) is 19.2. The first-order valence-corrected chi connectivity index (χ1v) is 18.9. The Bertz CT molecular complexity index is 1590. The second-order valence-electron chi connectivity index (χ2n) is 12.8. The van der Waals surface area contributed by atoms with Gasteiger partial charge in [0.05, 0.1) is 23.7 Å². The average molecular weight is 700 g/mol. The SMILES string of the molecule is C=CCOc1cc(OCC=C)c2c(=O)c(OCC=C)c(-c3ccc(OCC=C)c(OC)c3)n(CCCCCCCCCCCCCCCC)c2c1. The Kier molecular flexibility index (Phi) is 19.2. The number of pyridine rings is 1. The number of hydrogen-bond donors (Lipinski definition) is 0. The fourth-order valence-electron chi connectivity index (χ4n) is 6.33. The van der Waals surface area contributed by atoms with Gasteiger partial charge in [0.1, 0.15) is 37.9 Å². The summed E-state index contributed by atoms with van der Waals surface area (Å²) in [6.07, 6.45) is 24.5. The second kappa shape index (κ2) is 23.9. The zero-order chi connectivity index (χ0) is 36.7. The van der Waals surface area contributed by atoms with Gasteiger partial charge in [0, 0.05) is 24.2 Å². The van der Waals surface area contributed by atoms with Crippen LogP contribution in [0.15, 0.2) is 85.7 Å².